The summed E-state index contributed by atoms with van der Waals surface area (Å²) in [6, 6.07) is 10.9. The molecule has 0 saturated carbocycles. The van der Waals surface area contributed by atoms with Crippen molar-refractivity contribution in [2.75, 3.05) is 11.9 Å². The number of amides is 1. The summed E-state index contributed by atoms with van der Waals surface area (Å²) in [5.41, 5.74) is 1.04. The van der Waals surface area contributed by atoms with Gasteiger partial charge in [-0.05, 0) is 30.7 Å². The molecule has 0 aliphatic carbocycles. The van der Waals surface area contributed by atoms with E-state index in [9.17, 15) is 4.79 Å². The highest BCUT2D eigenvalue weighted by molar-refractivity contribution is 5.93. The van der Waals surface area contributed by atoms with Crippen molar-refractivity contribution in [3.05, 3.63) is 48.2 Å². The zero-order chi connectivity index (χ0) is 13.9. The van der Waals surface area contributed by atoms with Gasteiger partial charge in [-0.2, -0.15) is 0 Å². The molecule has 0 saturated heterocycles. The van der Waals surface area contributed by atoms with E-state index in [-0.39, 0.29) is 12.5 Å². The second-order valence-electron chi connectivity index (χ2n) is 4.57. The average Bonchev–Trinajstić information content (AvgIpc) is 2.49. The normalized spacial score (nSPS) is 16.6. The minimum absolute atomic E-state index is 0.189. The van der Waals surface area contributed by atoms with Crippen LogP contribution in [0.4, 0.5) is 5.82 Å². The second-order valence-corrected chi connectivity index (χ2v) is 4.57. The molecule has 1 amide bonds. The Balaban J connectivity index is 1.68. The largest absolute Gasteiger partial charge is 0.485 e. The highest BCUT2D eigenvalue weighted by Gasteiger charge is 2.27. The van der Waals surface area contributed by atoms with Crippen LogP contribution in [0.15, 0.2) is 42.6 Å². The van der Waals surface area contributed by atoms with Crippen molar-refractivity contribution >= 4 is 11.7 Å². The van der Waals surface area contributed by atoms with Gasteiger partial charge in [0, 0.05) is 6.20 Å². The molecule has 5 nitrogen and oxygen atoms in total. The highest BCUT2D eigenvalue weighted by Crippen LogP contribution is 2.31. The maximum absolute atomic E-state index is 12.1. The summed E-state index contributed by atoms with van der Waals surface area (Å²) in [5.74, 6) is 1.47. The van der Waals surface area contributed by atoms with Gasteiger partial charge in [-0.1, -0.05) is 18.2 Å². The number of carbonyl (C=O) groups is 1. The van der Waals surface area contributed by atoms with Crippen LogP contribution in [0.3, 0.4) is 0 Å². The number of hydrogen-bond acceptors (Lipinski definition) is 4. The first-order chi connectivity index (χ1) is 9.72. The van der Waals surface area contributed by atoms with Crippen LogP contribution in [0.5, 0.6) is 11.5 Å². The van der Waals surface area contributed by atoms with Gasteiger partial charge in [0.25, 0.3) is 5.91 Å². The van der Waals surface area contributed by atoms with Crippen molar-refractivity contribution in [3.63, 3.8) is 0 Å². The minimum Gasteiger partial charge on any atom is -0.485 e. The molecule has 0 radical (unpaired) electrons. The van der Waals surface area contributed by atoms with Crippen LogP contribution in [-0.2, 0) is 4.79 Å². The lowest BCUT2D eigenvalue weighted by Gasteiger charge is -2.25. The predicted molar refractivity (Wildman–Crippen MR) is 74.0 cm³/mol. The van der Waals surface area contributed by atoms with Gasteiger partial charge in [-0.25, -0.2) is 4.98 Å². The van der Waals surface area contributed by atoms with Gasteiger partial charge in [-0.15, -0.1) is 0 Å². The van der Waals surface area contributed by atoms with Gasteiger partial charge in [0.15, 0.2) is 11.5 Å². The number of pyridine rings is 1. The van der Waals surface area contributed by atoms with E-state index in [1.165, 1.54) is 0 Å². The predicted octanol–water partition coefficient (Wildman–Crippen LogP) is 2.17. The van der Waals surface area contributed by atoms with Gasteiger partial charge < -0.3 is 14.8 Å². The van der Waals surface area contributed by atoms with E-state index in [0.717, 1.165) is 5.56 Å². The highest BCUT2D eigenvalue weighted by atomic mass is 16.6. The maximum Gasteiger partial charge on any atom is 0.270 e. The van der Waals surface area contributed by atoms with Gasteiger partial charge >= 0.3 is 0 Å². The third kappa shape index (κ3) is 2.56. The summed E-state index contributed by atoms with van der Waals surface area (Å²) in [5, 5.41) is 2.71. The quantitative estimate of drug-likeness (QED) is 0.908. The smallest absolute Gasteiger partial charge is 0.270 e. The summed E-state index contributed by atoms with van der Waals surface area (Å²) in [6.45, 7) is 2.13. The minimum atomic E-state index is -0.673. The zero-order valence-corrected chi connectivity index (χ0v) is 11.0. The third-order valence-corrected chi connectivity index (χ3v) is 2.96. The number of aryl methyl sites for hydroxylation is 1. The Hall–Kier alpha value is -2.56. The molecule has 2 heterocycles. The van der Waals surface area contributed by atoms with Gasteiger partial charge in [0.05, 0.1) is 0 Å². The third-order valence-electron chi connectivity index (χ3n) is 2.96. The molecule has 102 valence electrons. The number of para-hydroxylation sites is 2. The lowest BCUT2D eigenvalue weighted by Crippen LogP contribution is -2.40. The molecule has 1 atom stereocenters. The Morgan fingerprint density at radius 1 is 1.25 bits per heavy atom. The molecular weight excluding hydrogens is 256 g/mol. The monoisotopic (exact) mass is 270 g/mol. The number of aromatic nitrogens is 1. The van der Waals surface area contributed by atoms with Crippen molar-refractivity contribution in [3.8, 4) is 11.5 Å². The molecule has 0 fully saturated rings. The molecule has 2 aromatic rings. The summed E-state index contributed by atoms with van der Waals surface area (Å²) >= 11 is 0. The van der Waals surface area contributed by atoms with Crippen molar-refractivity contribution in [2.45, 2.75) is 13.0 Å². The summed E-state index contributed by atoms with van der Waals surface area (Å²) in [7, 11) is 0. The van der Waals surface area contributed by atoms with Crippen molar-refractivity contribution < 1.29 is 14.3 Å². The zero-order valence-electron chi connectivity index (χ0n) is 11.0. The van der Waals surface area contributed by atoms with E-state index >= 15 is 0 Å². The van der Waals surface area contributed by atoms with Crippen LogP contribution in [-0.4, -0.2) is 23.6 Å². The molecule has 1 N–H and O–H groups in total. The van der Waals surface area contributed by atoms with Crippen LogP contribution in [0.2, 0.25) is 0 Å². The molecule has 0 spiro atoms. The molecule has 0 bridgehead atoms. The van der Waals surface area contributed by atoms with Crippen LogP contribution < -0.4 is 14.8 Å². The molecule has 0 unspecified atom stereocenters. The number of nitrogens with one attached hydrogen (secondary N) is 1. The topological polar surface area (TPSA) is 60.5 Å². The van der Waals surface area contributed by atoms with Gasteiger partial charge in [0.2, 0.25) is 6.10 Å². The number of anilines is 1. The first kappa shape index (κ1) is 12.5. The van der Waals surface area contributed by atoms with Crippen LogP contribution >= 0.6 is 0 Å². The van der Waals surface area contributed by atoms with E-state index in [1.807, 2.05) is 31.2 Å². The summed E-state index contributed by atoms with van der Waals surface area (Å²) < 4.78 is 11.1. The van der Waals surface area contributed by atoms with E-state index in [0.29, 0.717) is 17.3 Å². The van der Waals surface area contributed by atoms with E-state index in [4.69, 9.17) is 9.47 Å². The Labute approximate surface area is 116 Å². The average molecular weight is 270 g/mol. The second kappa shape index (κ2) is 5.21. The molecule has 1 aliphatic rings. The Morgan fingerprint density at radius 3 is 2.80 bits per heavy atom. The fourth-order valence-corrected chi connectivity index (χ4v) is 1.90. The van der Waals surface area contributed by atoms with E-state index in [2.05, 4.69) is 10.3 Å². The molecule has 20 heavy (non-hydrogen) atoms. The molecule has 1 aromatic heterocycles. The Bertz CT molecular complexity index is 625. The number of carbonyl (C=O) groups excluding carboxylic acids is 1. The SMILES string of the molecule is Cc1ccc(NC(=O)[C@H]2COc3ccccc3O2)nc1. The van der Waals surface area contributed by atoms with E-state index in [1.54, 1.807) is 18.3 Å². The molecule has 1 aromatic carbocycles. The lowest BCUT2D eigenvalue weighted by molar-refractivity contribution is -0.125. The molecule has 5 heteroatoms. The number of rotatable bonds is 2. The lowest BCUT2D eigenvalue weighted by atomic mass is 10.2. The van der Waals surface area contributed by atoms with Crippen molar-refractivity contribution in [1.82, 2.24) is 4.98 Å². The Kier molecular flexibility index (Phi) is 3.25. The van der Waals surface area contributed by atoms with Gasteiger partial charge in [0.1, 0.15) is 12.4 Å². The fraction of sp³-hybridized carbons (Fsp3) is 0.200. The maximum atomic E-state index is 12.1. The summed E-state index contributed by atoms with van der Waals surface area (Å²) in [4.78, 5) is 16.2. The molecular formula is C15H14N2O3. The van der Waals surface area contributed by atoms with Crippen LogP contribution in [0.25, 0.3) is 0 Å². The first-order valence-electron chi connectivity index (χ1n) is 6.34. The van der Waals surface area contributed by atoms with Crippen molar-refractivity contribution in [2.24, 2.45) is 0 Å². The number of benzene rings is 1. The summed E-state index contributed by atoms with van der Waals surface area (Å²) in [6.07, 6.45) is 1.02. The number of nitrogens with zero attached hydrogens (tertiary/aromatic N) is 1. The van der Waals surface area contributed by atoms with E-state index < -0.39 is 6.10 Å². The van der Waals surface area contributed by atoms with Crippen LogP contribution in [0, 0.1) is 6.92 Å². The van der Waals surface area contributed by atoms with Gasteiger partial charge in [-0.3, -0.25) is 4.79 Å². The first-order valence-corrected chi connectivity index (χ1v) is 6.34. The number of ether oxygens (including phenoxy) is 2. The molecule has 1 aliphatic heterocycles. The molecule has 3 rings (SSSR count). The fourth-order valence-electron chi connectivity index (χ4n) is 1.90. The standard InChI is InChI=1S/C15H14N2O3/c1-10-6-7-14(16-8-10)17-15(18)13-9-19-11-4-2-3-5-12(11)20-13/h2-8,13H,9H2,1H3,(H,16,17,18)/t13-/m1/s1. The number of hydrogen-bond donors (Lipinski definition) is 1. The number of fused-ring (bicyclic) bond motifs is 1. The van der Waals surface area contributed by atoms with Crippen LogP contribution in [0.1, 0.15) is 5.56 Å². The van der Waals surface area contributed by atoms with Crippen molar-refractivity contribution in [1.29, 1.82) is 0 Å². The Morgan fingerprint density at radius 2 is 2.05 bits per heavy atom.